The SMILES string of the molecule is CCc1ccc(-c2nn(C)c(=O)o2)cc1-c1cnc(NC(=O)c2c(F)cccc2F)cn1. The zero-order valence-electron chi connectivity index (χ0n) is 17.1. The van der Waals surface area contributed by atoms with Crippen molar-refractivity contribution in [2.45, 2.75) is 13.3 Å². The van der Waals surface area contributed by atoms with E-state index in [1.54, 1.807) is 12.1 Å². The number of aryl methyl sites for hydroxylation is 2. The van der Waals surface area contributed by atoms with Gasteiger partial charge in [-0.2, -0.15) is 4.68 Å². The molecule has 0 spiro atoms. The number of hydrogen-bond acceptors (Lipinski definition) is 6. The van der Waals surface area contributed by atoms with Gasteiger partial charge in [-0.3, -0.25) is 9.78 Å². The van der Waals surface area contributed by atoms with Crippen molar-refractivity contribution in [1.82, 2.24) is 19.7 Å². The standard InChI is InChI=1S/C22H17F2N5O3/c1-3-12-7-8-13(21-28-29(2)22(31)32-21)9-14(12)17-10-26-18(11-25-17)27-20(30)19-15(23)5-4-6-16(19)24/h4-11H,3H2,1-2H3,(H,26,27,30). The number of nitrogens with one attached hydrogen (secondary N) is 1. The van der Waals surface area contributed by atoms with Gasteiger partial charge < -0.3 is 9.73 Å². The minimum Gasteiger partial charge on any atom is -0.388 e. The molecule has 0 aliphatic heterocycles. The number of aromatic nitrogens is 4. The average molecular weight is 437 g/mol. The van der Waals surface area contributed by atoms with Crippen LogP contribution in [0.5, 0.6) is 0 Å². The number of benzene rings is 2. The molecule has 0 saturated carbocycles. The third kappa shape index (κ3) is 4.02. The van der Waals surface area contributed by atoms with Gasteiger partial charge in [0.05, 0.1) is 18.1 Å². The van der Waals surface area contributed by atoms with E-state index in [1.807, 2.05) is 13.0 Å². The smallest absolute Gasteiger partial charge is 0.388 e. The van der Waals surface area contributed by atoms with Crippen LogP contribution in [-0.4, -0.2) is 25.7 Å². The molecule has 0 unspecified atom stereocenters. The van der Waals surface area contributed by atoms with Crippen LogP contribution in [0.2, 0.25) is 0 Å². The van der Waals surface area contributed by atoms with E-state index in [0.717, 1.165) is 27.9 Å². The van der Waals surface area contributed by atoms with Gasteiger partial charge in [-0.05, 0) is 36.2 Å². The van der Waals surface area contributed by atoms with Gasteiger partial charge in [0.25, 0.3) is 5.91 Å². The Morgan fingerprint density at radius 1 is 1.12 bits per heavy atom. The van der Waals surface area contributed by atoms with Crippen LogP contribution in [0, 0.1) is 11.6 Å². The highest BCUT2D eigenvalue weighted by atomic mass is 19.1. The van der Waals surface area contributed by atoms with Crippen molar-refractivity contribution in [1.29, 1.82) is 0 Å². The maximum Gasteiger partial charge on any atom is 0.437 e. The van der Waals surface area contributed by atoms with Crippen LogP contribution < -0.4 is 11.1 Å². The van der Waals surface area contributed by atoms with Gasteiger partial charge in [-0.25, -0.2) is 18.6 Å². The number of carbonyl (C=O) groups excluding carboxylic acids is 1. The van der Waals surface area contributed by atoms with E-state index in [4.69, 9.17) is 4.42 Å². The highest BCUT2D eigenvalue weighted by molar-refractivity contribution is 6.04. The van der Waals surface area contributed by atoms with Crippen molar-refractivity contribution in [3.8, 4) is 22.7 Å². The van der Waals surface area contributed by atoms with E-state index >= 15 is 0 Å². The van der Waals surface area contributed by atoms with Gasteiger partial charge >= 0.3 is 5.76 Å². The monoisotopic (exact) mass is 437 g/mol. The van der Waals surface area contributed by atoms with Crippen LogP contribution in [0.25, 0.3) is 22.7 Å². The molecule has 8 nitrogen and oxygen atoms in total. The first kappa shape index (κ1) is 21.0. The number of amides is 1. The second-order valence-corrected chi connectivity index (χ2v) is 6.86. The summed E-state index contributed by atoms with van der Waals surface area (Å²) in [7, 11) is 1.49. The number of anilines is 1. The van der Waals surface area contributed by atoms with E-state index in [9.17, 15) is 18.4 Å². The molecule has 32 heavy (non-hydrogen) atoms. The van der Waals surface area contributed by atoms with Gasteiger partial charge in [-0.15, -0.1) is 5.10 Å². The molecule has 4 aromatic rings. The van der Waals surface area contributed by atoms with Crippen molar-refractivity contribution in [3.05, 3.63) is 82.1 Å². The van der Waals surface area contributed by atoms with Crippen LogP contribution >= 0.6 is 0 Å². The molecule has 1 amide bonds. The number of rotatable bonds is 5. The van der Waals surface area contributed by atoms with Crippen molar-refractivity contribution in [2.24, 2.45) is 7.05 Å². The molecule has 2 aromatic carbocycles. The number of nitrogens with zero attached hydrogens (tertiary/aromatic N) is 4. The summed E-state index contributed by atoms with van der Waals surface area (Å²) < 4.78 is 33.8. The fourth-order valence-corrected chi connectivity index (χ4v) is 3.14. The Morgan fingerprint density at radius 3 is 2.47 bits per heavy atom. The lowest BCUT2D eigenvalue weighted by Gasteiger charge is -2.10. The second kappa shape index (κ2) is 8.50. The largest absolute Gasteiger partial charge is 0.437 e. The summed E-state index contributed by atoms with van der Waals surface area (Å²) in [5.74, 6) is -3.29. The average Bonchev–Trinajstić information content (AvgIpc) is 3.12. The zero-order valence-corrected chi connectivity index (χ0v) is 17.1. The quantitative estimate of drug-likeness (QED) is 0.512. The van der Waals surface area contributed by atoms with E-state index < -0.39 is 28.9 Å². The summed E-state index contributed by atoms with van der Waals surface area (Å²) >= 11 is 0. The maximum atomic E-state index is 13.8. The Bertz CT molecular complexity index is 1340. The highest BCUT2D eigenvalue weighted by Crippen LogP contribution is 2.28. The first-order chi connectivity index (χ1) is 15.4. The number of halogens is 2. The van der Waals surface area contributed by atoms with Crippen LogP contribution in [0.4, 0.5) is 14.6 Å². The predicted octanol–water partition coefficient (Wildman–Crippen LogP) is 3.59. The minimum atomic E-state index is -0.974. The normalized spacial score (nSPS) is 10.9. The molecule has 4 rings (SSSR count). The Kier molecular flexibility index (Phi) is 5.59. The van der Waals surface area contributed by atoms with Gasteiger partial charge in [0, 0.05) is 18.2 Å². The maximum absolute atomic E-state index is 13.8. The Morgan fingerprint density at radius 2 is 1.88 bits per heavy atom. The molecule has 1 N–H and O–H groups in total. The summed E-state index contributed by atoms with van der Waals surface area (Å²) in [4.78, 5) is 32.3. The molecular weight excluding hydrogens is 420 g/mol. The van der Waals surface area contributed by atoms with Crippen LogP contribution in [0.15, 0.2) is 58.0 Å². The predicted molar refractivity (Wildman–Crippen MR) is 112 cm³/mol. The third-order valence-electron chi connectivity index (χ3n) is 4.79. The van der Waals surface area contributed by atoms with Crippen molar-refractivity contribution in [3.63, 3.8) is 0 Å². The molecule has 0 radical (unpaired) electrons. The van der Waals surface area contributed by atoms with Crippen LogP contribution in [0.3, 0.4) is 0 Å². The Labute approximate surface area is 180 Å². The van der Waals surface area contributed by atoms with E-state index in [0.29, 0.717) is 17.7 Å². The van der Waals surface area contributed by atoms with Crippen LogP contribution in [0.1, 0.15) is 22.8 Å². The summed E-state index contributed by atoms with van der Waals surface area (Å²) in [5.41, 5.74) is 2.09. The van der Waals surface area contributed by atoms with E-state index in [2.05, 4.69) is 20.4 Å². The lowest BCUT2D eigenvalue weighted by Crippen LogP contribution is -2.16. The lowest BCUT2D eigenvalue weighted by molar-refractivity contribution is 0.101. The molecule has 0 aliphatic carbocycles. The van der Waals surface area contributed by atoms with Crippen LogP contribution in [-0.2, 0) is 13.5 Å². The molecule has 0 aliphatic rings. The molecule has 0 bridgehead atoms. The Hall–Kier alpha value is -4.21. The first-order valence-corrected chi connectivity index (χ1v) is 9.62. The summed E-state index contributed by atoms with van der Waals surface area (Å²) in [6.45, 7) is 1.98. The summed E-state index contributed by atoms with van der Waals surface area (Å²) in [6.07, 6.45) is 3.42. The molecule has 10 heteroatoms. The van der Waals surface area contributed by atoms with Gasteiger partial charge in [0.2, 0.25) is 5.89 Å². The summed E-state index contributed by atoms with van der Waals surface area (Å²) in [5, 5.41) is 6.39. The van der Waals surface area contributed by atoms with Gasteiger partial charge in [-0.1, -0.05) is 19.1 Å². The fraction of sp³-hybridized carbons (Fsp3) is 0.136. The third-order valence-corrected chi connectivity index (χ3v) is 4.79. The zero-order chi connectivity index (χ0) is 22.8. The summed E-state index contributed by atoms with van der Waals surface area (Å²) in [6, 6.07) is 8.61. The molecule has 0 saturated heterocycles. The Balaban J connectivity index is 1.63. The first-order valence-electron chi connectivity index (χ1n) is 9.62. The number of carbonyl (C=O) groups is 1. The molecular formula is C22H17F2N5O3. The lowest BCUT2D eigenvalue weighted by atomic mass is 9.99. The second-order valence-electron chi connectivity index (χ2n) is 6.86. The van der Waals surface area contributed by atoms with Crippen molar-refractivity contribution < 1.29 is 18.0 Å². The van der Waals surface area contributed by atoms with Gasteiger partial charge in [0.15, 0.2) is 5.82 Å². The number of hydrogen-bond donors (Lipinski definition) is 1. The molecule has 0 fully saturated rings. The molecule has 2 heterocycles. The molecule has 0 atom stereocenters. The van der Waals surface area contributed by atoms with Crippen molar-refractivity contribution in [2.75, 3.05) is 5.32 Å². The van der Waals surface area contributed by atoms with E-state index in [-0.39, 0.29) is 11.7 Å². The fourth-order valence-electron chi connectivity index (χ4n) is 3.14. The molecule has 2 aromatic heterocycles. The van der Waals surface area contributed by atoms with Gasteiger partial charge in [0.1, 0.15) is 17.2 Å². The van der Waals surface area contributed by atoms with E-state index in [1.165, 1.54) is 25.5 Å². The highest BCUT2D eigenvalue weighted by Gasteiger charge is 2.18. The molecule has 162 valence electrons. The minimum absolute atomic E-state index is 0.0336. The van der Waals surface area contributed by atoms with Crippen molar-refractivity contribution >= 4 is 11.7 Å². The topological polar surface area (TPSA) is 103 Å².